The standard InChI is InChI=1S/C66H124N2O12/c1-5-9-13-17-21-25-28-32-36-40-44-48-58(70)67-56(65(75)76)51-52-77-66-62(64(63(74)57(54-69)79-66)80-61(73)50-46-42-38-34-30-27-23-19-15-11-7-3)68-59(71)53-55(47-43-39-35-31-24-20-16-12-8-4)78-60(72)49-45-41-37-33-29-26-22-18-14-10-6-2/h55-57,62-64,66,69,74H,5-54H2,1-4H3,(H,67,70)(H,68,71)(H,75,76)/t55-,56+,57-,62-,63-,64-,66-/m1/s1. The van der Waals surface area contributed by atoms with Crippen LogP contribution < -0.4 is 10.6 Å². The second-order valence-electron chi connectivity index (χ2n) is 23.7. The van der Waals surface area contributed by atoms with Gasteiger partial charge in [0.25, 0.3) is 0 Å². The number of esters is 2. The van der Waals surface area contributed by atoms with Crippen molar-refractivity contribution in [1.29, 1.82) is 0 Å². The first-order valence-electron chi connectivity index (χ1n) is 33.8. The molecule has 470 valence electrons. The quantitative estimate of drug-likeness (QED) is 0.0285. The van der Waals surface area contributed by atoms with E-state index >= 15 is 0 Å². The number of aliphatic hydroxyl groups excluding tert-OH is 2. The molecule has 0 spiro atoms. The van der Waals surface area contributed by atoms with E-state index in [0.29, 0.717) is 25.7 Å². The summed E-state index contributed by atoms with van der Waals surface area (Å²) in [5.41, 5.74) is 0. The van der Waals surface area contributed by atoms with E-state index in [1.807, 2.05) is 0 Å². The molecule has 0 bridgehead atoms. The highest BCUT2D eigenvalue weighted by atomic mass is 16.7. The third-order valence-electron chi connectivity index (χ3n) is 16.1. The number of nitrogens with one attached hydrogen (secondary N) is 2. The van der Waals surface area contributed by atoms with Crippen LogP contribution in [0.2, 0.25) is 0 Å². The van der Waals surface area contributed by atoms with Crippen LogP contribution in [-0.4, -0.2) is 101 Å². The van der Waals surface area contributed by atoms with E-state index in [0.717, 1.165) is 89.9 Å². The molecule has 0 aliphatic carbocycles. The maximum atomic E-state index is 14.2. The topological polar surface area (TPSA) is 207 Å². The Hall–Kier alpha value is -2.81. The van der Waals surface area contributed by atoms with Crippen LogP contribution in [-0.2, 0) is 42.9 Å². The number of carbonyl (C=O) groups is 5. The lowest BCUT2D eigenvalue weighted by Crippen LogP contribution is -2.66. The van der Waals surface area contributed by atoms with Gasteiger partial charge in [0.15, 0.2) is 12.4 Å². The van der Waals surface area contributed by atoms with Gasteiger partial charge in [0.1, 0.15) is 30.4 Å². The Balaban J connectivity index is 3.11. The van der Waals surface area contributed by atoms with Gasteiger partial charge in [-0.2, -0.15) is 0 Å². The number of carboxylic acids is 1. The summed E-state index contributed by atoms with van der Waals surface area (Å²) in [6.07, 6.45) is 41.9. The minimum Gasteiger partial charge on any atom is -0.480 e. The molecule has 0 saturated carbocycles. The van der Waals surface area contributed by atoms with Gasteiger partial charge in [0.05, 0.1) is 19.6 Å². The van der Waals surface area contributed by atoms with E-state index in [1.54, 1.807) is 0 Å². The van der Waals surface area contributed by atoms with E-state index < -0.39 is 67.2 Å². The molecule has 14 heteroatoms. The fourth-order valence-electron chi connectivity index (χ4n) is 10.9. The molecular formula is C66H124N2O12. The van der Waals surface area contributed by atoms with Crippen LogP contribution in [0.15, 0.2) is 0 Å². The zero-order valence-corrected chi connectivity index (χ0v) is 51.9. The van der Waals surface area contributed by atoms with E-state index in [9.17, 15) is 39.3 Å². The van der Waals surface area contributed by atoms with Gasteiger partial charge >= 0.3 is 17.9 Å². The first-order valence-corrected chi connectivity index (χ1v) is 33.8. The molecule has 0 aromatic carbocycles. The van der Waals surface area contributed by atoms with Gasteiger partial charge in [-0.3, -0.25) is 19.2 Å². The van der Waals surface area contributed by atoms with Gasteiger partial charge in [-0.15, -0.1) is 0 Å². The molecule has 1 heterocycles. The van der Waals surface area contributed by atoms with Gasteiger partial charge < -0.3 is 44.9 Å². The van der Waals surface area contributed by atoms with Gasteiger partial charge in [-0.1, -0.05) is 272 Å². The number of unbranched alkanes of at least 4 members (excludes halogenated alkanes) is 38. The Bertz CT molecular complexity index is 1480. The van der Waals surface area contributed by atoms with Crippen LogP contribution in [0.4, 0.5) is 0 Å². The second-order valence-corrected chi connectivity index (χ2v) is 23.7. The van der Waals surface area contributed by atoms with Crippen LogP contribution in [0.25, 0.3) is 0 Å². The highest BCUT2D eigenvalue weighted by molar-refractivity contribution is 5.83. The summed E-state index contributed by atoms with van der Waals surface area (Å²) in [5, 5.41) is 37.6. The summed E-state index contributed by atoms with van der Waals surface area (Å²) in [7, 11) is 0. The Kier molecular flexibility index (Phi) is 50.9. The summed E-state index contributed by atoms with van der Waals surface area (Å²) >= 11 is 0. The Morgan fingerprint density at radius 2 is 0.850 bits per heavy atom. The highest BCUT2D eigenvalue weighted by Crippen LogP contribution is 2.27. The molecule has 1 saturated heterocycles. The fraction of sp³-hybridized carbons (Fsp3) is 0.924. The number of aliphatic hydroxyl groups is 2. The second kappa shape index (κ2) is 54.1. The molecule has 2 amide bonds. The van der Waals surface area contributed by atoms with E-state index in [2.05, 4.69) is 38.3 Å². The van der Waals surface area contributed by atoms with Crippen LogP contribution in [0, 0.1) is 0 Å². The van der Waals surface area contributed by atoms with Crippen molar-refractivity contribution in [3.63, 3.8) is 0 Å². The highest BCUT2D eigenvalue weighted by Gasteiger charge is 2.49. The molecule has 5 N–H and O–H groups in total. The largest absolute Gasteiger partial charge is 0.480 e. The van der Waals surface area contributed by atoms with Crippen molar-refractivity contribution in [3.8, 4) is 0 Å². The Labute approximate surface area is 488 Å². The molecule has 1 aliphatic rings. The zero-order chi connectivity index (χ0) is 58.5. The van der Waals surface area contributed by atoms with Crippen molar-refractivity contribution in [2.45, 2.75) is 379 Å². The predicted octanol–water partition coefficient (Wildman–Crippen LogP) is 15.8. The van der Waals surface area contributed by atoms with Crippen molar-refractivity contribution < 1.29 is 58.2 Å². The number of hydrogen-bond acceptors (Lipinski definition) is 11. The minimum absolute atomic E-state index is 0.0894. The normalized spacial score (nSPS) is 17.9. The number of carboxylic acid groups (broad SMARTS) is 1. The lowest BCUT2D eigenvalue weighted by Gasteiger charge is -2.44. The fourth-order valence-corrected chi connectivity index (χ4v) is 10.9. The van der Waals surface area contributed by atoms with Crippen molar-refractivity contribution >= 4 is 29.7 Å². The summed E-state index contributed by atoms with van der Waals surface area (Å²) in [6.45, 7) is 7.98. The van der Waals surface area contributed by atoms with Crippen LogP contribution >= 0.6 is 0 Å². The Morgan fingerprint density at radius 3 is 1.25 bits per heavy atom. The first kappa shape index (κ1) is 75.2. The number of amides is 2. The molecule has 0 radical (unpaired) electrons. The van der Waals surface area contributed by atoms with Crippen LogP contribution in [0.1, 0.15) is 336 Å². The molecule has 0 aromatic heterocycles. The van der Waals surface area contributed by atoms with Crippen LogP contribution in [0.5, 0.6) is 0 Å². The molecule has 0 unspecified atom stereocenters. The third-order valence-corrected chi connectivity index (χ3v) is 16.1. The SMILES string of the molecule is CCCCCCCCCCCCCC(=O)N[C@@H](CCO[C@@H]1O[C@H](CO)[C@@H](O)[C@H](OC(=O)CCCCCCCCCCCCC)[C@H]1NC(=O)C[C@@H](CCCCCCCCCCC)OC(=O)CCCCCCCCCCCCC)C(=O)O. The molecule has 7 atom stereocenters. The Morgan fingerprint density at radius 1 is 0.475 bits per heavy atom. The average molecular weight is 1140 g/mol. The molecule has 1 fully saturated rings. The molecule has 1 aliphatic heterocycles. The number of ether oxygens (including phenoxy) is 4. The van der Waals surface area contributed by atoms with E-state index in [4.69, 9.17) is 18.9 Å². The molecule has 14 nitrogen and oxygen atoms in total. The van der Waals surface area contributed by atoms with Crippen molar-refractivity contribution in [1.82, 2.24) is 10.6 Å². The van der Waals surface area contributed by atoms with Crippen LogP contribution in [0.3, 0.4) is 0 Å². The first-order chi connectivity index (χ1) is 39.0. The van der Waals surface area contributed by atoms with Gasteiger partial charge in [-0.25, -0.2) is 4.79 Å². The number of hydrogen-bond donors (Lipinski definition) is 5. The smallest absolute Gasteiger partial charge is 0.326 e. The average Bonchev–Trinajstić information content (AvgIpc) is 3.48. The third kappa shape index (κ3) is 42.1. The zero-order valence-electron chi connectivity index (χ0n) is 51.9. The van der Waals surface area contributed by atoms with E-state index in [1.165, 1.54) is 161 Å². The number of carbonyl (C=O) groups excluding carboxylic acids is 4. The van der Waals surface area contributed by atoms with Gasteiger partial charge in [0.2, 0.25) is 11.8 Å². The molecule has 0 aromatic rings. The molecule has 80 heavy (non-hydrogen) atoms. The van der Waals surface area contributed by atoms with Crippen molar-refractivity contribution in [2.24, 2.45) is 0 Å². The number of aliphatic carboxylic acids is 1. The monoisotopic (exact) mass is 1140 g/mol. The summed E-state index contributed by atoms with van der Waals surface area (Å²) in [4.78, 5) is 66.5. The van der Waals surface area contributed by atoms with E-state index in [-0.39, 0.29) is 50.6 Å². The van der Waals surface area contributed by atoms with Crippen molar-refractivity contribution in [2.75, 3.05) is 13.2 Å². The minimum atomic E-state index is -1.55. The van der Waals surface area contributed by atoms with Gasteiger partial charge in [-0.05, 0) is 32.1 Å². The summed E-state index contributed by atoms with van der Waals surface area (Å²) in [5.74, 6) is -3.05. The lowest BCUT2D eigenvalue weighted by molar-refractivity contribution is -0.274. The lowest BCUT2D eigenvalue weighted by atomic mass is 9.96. The summed E-state index contributed by atoms with van der Waals surface area (Å²) < 4.78 is 24.2. The van der Waals surface area contributed by atoms with Crippen molar-refractivity contribution in [3.05, 3.63) is 0 Å². The summed E-state index contributed by atoms with van der Waals surface area (Å²) in [6, 6.07) is -2.55. The maximum Gasteiger partial charge on any atom is 0.326 e. The predicted molar refractivity (Wildman–Crippen MR) is 323 cm³/mol. The molecular weight excluding hydrogens is 1010 g/mol. The van der Waals surface area contributed by atoms with Gasteiger partial charge in [0, 0.05) is 25.7 Å². The number of rotatable bonds is 58. The maximum absolute atomic E-state index is 14.2. The molecule has 1 rings (SSSR count).